The predicted octanol–water partition coefficient (Wildman–Crippen LogP) is 0.486. The molecule has 2 rings (SSSR count). The maximum Gasteiger partial charge on any atom is 0.125 e. The van der Waals surface area contributed by atoms with E-state index in [2.05, 4.69) is 17.2 Å². The number of rotatable bonds is 4. The third kappa shape index (κ3) is 2.81. The van der Waals surface area contributed by atoms with Crippen molar-refractivity contribution in [2.75, 3.05) is 26.4 Å². The first-order valence-corrected chi connectivity index (χ1v) is 5.67. The van der Waals surface area contributed by atoms with Crippen molar-refractivity contribution < 1.29 is 9.47 Å². The first-order chi connectivity index (χ1) is 7.77. The number of nitrogens with one attached hydrogen (secondary N) is 1. The van der Waals surface area contributed by atoms with Gasteiger partial charge in [-0.3, -0.25) is 0 Å². The molecule has 0 saturated carbocycles. The van der Waals surface area contributed by atoms with Crippen molar-refractivity contribution in [3.63, 3.8) is 0 Å². The minimum absolute atomic E-state index is 0.163. The molecular formula is C11H19N3O2. The van der Waals surface area contributed by atoms with Crippen molar-refractivity contribution >= 4 is 0 Å². The second-order valence-corrected chi connectivity index (χ2v) is 4.09. The maximum atomic E-state index is 5.56. The van der Waals surface area contributed by atoms with E-state index in [1.807, 2.05) is 24.0 Å². The molecular weight excluding hydrogens is 206 g/mol. The Hall–Kier alpha value is -0.910. The highest BCUT2D eigenvalue weighted by atomic mass is 16.6. The van der Waals surface area contributed by atoms with Gasteiger partial charge in [-0.15, -0.1) is 0 Å². The minimum Gasteiger partial charge on any atom is -0.376 e. The molecule has 1 aliphatic rings. The zero-order valence-corrected chi connectivity index (χ0v) is 9.85. The van der Waals surface area contributed by atoms with Crippen LogP contribution in [0, 0.1) is 0 Å². The van der Waals surface area contributed by atoms with Gasteiger partial charge in [-0.2, -0.15) is 0 Å². The maximum absolute atomic E-state index is 5.56. The third-order valence-electron chi connectivity index (χ3n) is 2.78. The molecule has 1 fully saturated rings. The Morgan fingerprint density at radius 3 is 3.12 bits per heavy atom. The van der Waals surface area contributed by atoms with E-state index in [1.54, 1.807) is 0 Å². The zero-order valence-electron chi connectivity index (χ0n) is 9.85. The van der Waals surface area contributed by atoms with E-state index in [0.29, 0.717) is 19.8 Å². The number of aryl methyl sites for hydroxylation is 1. The molecule has 2 heterocycles. The van der Waals surface area contributed by atoms with Crippen LogP contribution in [0.4, 0.5) is 0 Å². The van der Waals surface area contributed by atoms with Crippen molar-refractivity contribution in [3.05, 3.63) is 18.2 Å². The zero-order chi connectivity index (χ0) is 11.4. The standard InChI is InChI=1S/C11H19N3O2/c1-9(11-12-3-4-14(11)2)13-7-10-8-15-5-6-16-10/h3-4,9-10,13H,5-8H2,1-2H3. The average Bonchev–Trinajstić information content (AvgIpc) is 2.74. The Morgan fingerprint density at radius 1 is 1.62 bits per heavy atom. The Balaban J connectivity index is 1.79. The van der Waals surface area contributed by atoms with Gasteiger partial charge in [-0.05, 0) is 6.92 Å². The summed E-state index contributed by atoms with van der Waals surface area (Å²) in [7, 11) is 2.00. The summed E-state index contributed by atoms with van der Waals surface area (Å²) < 4.78 is 12.9. The summed E-state index contributed by atoms with van der Waals surface area (Å²) in [5, 5.41) is 3.41. The SMILES string of the molecule is CC(NCC1COCCO1)c1nccn1C. The fourth-order valence-corrected chi connectivity index (χ4v) is 1.85. The highest BCUT2D eigenvalue weighted by molar-refractivity contribution is 4.97. The van der Waals surface area contributed by atoms with Crippen molar-refractivity contribution in [2.24, 2.45) is 7.05 Å². The molecule has 1 saturated heterocycles. The molecule has 0 amide bonds. The molecule has 16 heavy (non-hydrogen) atoms. The average molecular weight is 225 g/mol. The van der Waals surface area contributed by atoms with Gasteiger partial charge in [0.2, 0.25) is 0 Å². The lowest BCUT2D eigenvalue weighted by molar-refractivity contribution is -0.0870. The first kappa shape index (κ1) is 11.6. The van der Waals surface area contributed by atoms with Crippen LogP contribution < -0.4 is 5.32 Å². The highest BCUT2D eigenvalue weighted by Crippen LogP contribution is 2.09. The number of imidazole rings is 1. The summed E-state index contributed by atoms with van der Waals surface area (Å²) in [6.45, 7) is 4.99. The van der Waals surface area contributed by atoms with Crippen LogP contribution in [0.5, 0.6) is 0 Å². The predicted molar refractivity (Wildman–Crippen MR) is 60.2 cm³/mol. The van der Waals surface area contributed by atoms with Crippen LogP contribution >= 0.6 is 0 Å². The van der Waals surface area contributed by atoms with Crippen molar-refractivity contribution in [1.82, 2.24) is 14.9 Å². The lowest BCUT2D eigenvalue weighted by Gasteiger charge is -2.24. The Morgan fingerprint density at radius 2 is 2.50 bits per heavy atom. The van der Waals surface area contributed by atoms with Gasteiger partial charge in [0.15, 0.2) is 0 Å². The summed E-state index contributed by atoms with van der Waals surface area (Å²) in [6.07, 6.45) is 3.93. The third-order valence-corrected chi connectivity index (χ3v) is 2.78. The van der Waals surface area contributed by atoms with E-state index in [4.69, 9.17) is 9.47 Å². The van der Waals surface area contributed by atoms with Gasteiger partial charge in [0.05, 0.1) is 32.0 Å². The molecule has 0 spiro atoms. The molecule has 2 atom stereocenters. The van der Waals surface area contributed by atoms with Gasteiger partial charge in [-0.1, -0.05) is 0 Å². The molecule has 5 heteroatoms. The number of hydrogen-bond acceptors (Lipinski definition) is 4. The van der Waals surface area contributed by atoms with Crippen LogP contribution in [-0.4, -0.2) is 42.0 Å². The van der Waals surface area contributed by atoms with Crippen LogP contribution in [0.3, 0.4) is 0 Å². The van der Waals surface area contributed by atoms with Crippen molar-refractivity contribution in [1.29, 1.82) is 0 Å². The van der Waals surface area contributed by atoms with Crippen molar-refractivity contribution in [3.8, 4) is 0 Å². The molecule has 1 aromatic rings. The normalized spacial score (nSPS) is 23.2. The fourth-order valence-electron chi connectivity index (χ4n) is 1.85. The Labute approximate surface area is 95.8 Å². The van der Waals surface area contributed by atoms with E-state index in [0.717, 1.165) is 12.4 Å². The number of nitrogens with zero attached hydrogens (tertiary/aromatic N) is 2. The van der Waals surface area contributed by atoms with Crippen LogP contribution in [0.15, 0.2) is 12.4 Å². The monoisotopic (exact) mass is 225 g/mol. The molecule has 90 valence electrons. The summed E-state index contributed by atoms with van der Waals surface area (Å²) >= 11 is 0. The van der Waals surface area contributed by atoms with Gasteiger partial charge in [-0.25, -0.2) is 4.98 Å². The molecule has 1 aliphatic heterocycles. The Bertz CT molecular complexity index is 321. The second kappa shape index (κ2) is 5.43. The fraction of sp³-hybridized carbons (Fsp3) is 0.727. The summed E-state index contributed by atoms with van der Waals surface area (Å²) in [6, 6.07) is 0.227. The molecule has 0 bridgehead atoms. The van der Waals surface area contributed by atoms with Crippen LogP contribution in [0.2, 0.25) is 0 Å². The van der Waals surface area contributed by atoms with E-state index in [9.17, 15) is 0 Å². The van der Waals surface area contributed by atoms with Crippen molar-refractivity contribution in [2.45, 2.75) is 19.1 Å². The molecule has 5 nitrogen and oxygen atoms in total. The number of ether oxygens (including phenoxy) is 2. The van der Waals surface area contributed by atoms with E-state index < -0.39 is 0 Å². The highest BCUT2D eigenvalue weighted by Gasteiger charge is 2.16. The van der Waals surface area contributed by atoms with E-state index in [1.165, 1.54) is 0 Å². The van der Waals surface area contributed by atoms with Crippen LogP contribution in [0.25, 0.3) is 0 Å². The summed E-state index contributed by atoms with van der Waals surface area (Å²) in [5.41, 5.74) is 0. The lowest BCUT2D eigenvalue weighted by Crippen LogP contribution is -2.38. The number of aromatic nitrogens is 2. The topological polar surface area (TPSA) is 48.3 Å². The van der Waals surface area contributed by atoms with Crippen LogP contribution in [0.1, 0.15) is 18.8 Å². The van der Waals surface area contributed by atoms with Gasteiger partial charge in [0.1, 0.15) is 5.82 Å². The van der Waals surface area contributed by atoms with Crippen LogP contribution in [-0.2, 0) is 16.5 Å². The lowest BCUT2D eigenvalue weighted by atomic mass is 10.2. The molecule has 0 aromatic carbocycles. The van der Waals surface area contributed by atoms with Gasteiger partial charge in [0, 0.05) is 26.0 Å². The summed E-state index contributed by atoms with van der Waals surface area (Å²) in [5.74, 6) is 1.04. The molecule has 2 unspecified atom stereocenters. The van der Waals surface area contributed by atoms with E-state index >= 15 is 0 Å². The molecule has 0 aliphatic carbocycles. The van der Waals surface area contributed by atoms with E-state index in [-0.39, 0.29) is 12.1 Å². The summed E-state index contributed by atoms with van der Waals surface area (Å²) in [4.78, 5) is 4.31. The second-order valence-electron chi connectivity index (χ2n) is 4.09. The largest absolute Gasteiger partial charge is 0.376 e. The molecule has 0 radical (unpaired) electrons. The van der Waals surface area contributed by atoms with Gasteiger partial charge in [0.25, 0.3) is 0 Å². The molecule has 1 aromatic heterocycles. The Kier molecular flexibility index (Phi) is 3.93. The molecule has 1 N–H and O–H groups in total. The van der Waals surface area contributed by atoms with Gasteiger partial charge < -0.3 is 19.4 Å². The van der Waals surface area contributed by atoms with Gasteiger partial charge >= 0.3 is 0 Å². The quantitative estimate of drug-likeness (QED) is 0.810. The number of hydrogen-bond donors (Lipinski definition) is 1. The minimum atomic E-state index is 0.163. The first-order valence-electron chi connectivity index (χ1n) is 5.67. The smallest absolute Gasteiger partial charge is 0.125 e.